The van der Waals surface area contributed by atoms with Gasteiger partial charge in [-0.05, 0) is 34.5 Å². The average molecular weight is 366 g/mol. The van der Waals surface area contributed by atoms with Crippen LogP contribution in [0.1, 0.15) is 6.42 Å². The monoisotopic (exact) mass is 365 g/mol. The number of anilines is 1. The lowest BCUT2D eigenvalue weighted by molar-refractivity contribution is -0.127. The highest BCUT2D eigenvalue weighted by atomic mass is 79.9. The van der Waals surface area contributed by atoms with Gasteiger partial charge >= 0.3 is 0 Å². The van der Waals surface area contributed by atoms with Crippen LogP contribution in [0.2, 0.25) is 0 Å². The number of nitrogen functional groups attached to an aromatic ring is 1. The Labute approximate surface area is 124 Å². The van der Waals surface area contributed by atoms with Crippen LogP contribution in [0.4, 0.5) is 10.1 Å². The molecule has 110 valence electrons. The molecule has 3 N–H and O–H groups in total. The summed E-state index contributed by atoms with van der Waals surface area (Å²) in [5.41, 5.74) is 5.62. The first-order chi connectivity index (χ1) is 9.22. The third kappa shape index (κ3) is 2.79. The molecule has 1 heterocycles. The van der Waals surface area contributed by atoms with Crippen molar-refractivity contribution >= 4 is 37.5 Å². The van der Waals surface area contributed by atoms with Gasteiger partial charge in [0.2, 0.25) is 15.9 Å². The summed E-state index contributed by atoms with van der Waals surface area (Å²) < 4.78 is 40.4. The number of carbonyl (C=O) groups is 1. The maximum atomic E-state index is 13.9. The van der Waals surface area contributed by atoms with Crippen molar-refractivity contribution in [2.24, 2.45) is 0 Å². The van der Waals surface area contributed by atoms with E-state index in [4.69, 9.17) is 5.73 Å². The molecule has 20 heavy (non-hydrogen) atoms. The van der Waals surface area contributed by atoms with Gasteiger partial charge in [0.25, 0.3) is 0 Å². The van der Waals surface area contributed by atoms with E-state index in [2.05, 4.69) is 20.7 Å². The van der Waals surface area contributed by atoms with Crippen LogP contribution in [0.25, 0.3) is 0 Å². The summed E-state index contributed by atoms with van der Waals surface area (Å²) in [4.78, 5) is 12.5. The summed E-state index contributed by atoms with van der Waals surface area (Å²) in [5, 5.41) is 0. The Morgan fingerprint density at radius 2 is 2.15 bits per heavy atom. The Kier molecular flexibility index (Phi) is 4.03. The van der Waals surface area contributed by atoms with E-state index in [1.807, 2.05) is 0 Å². The number of nitrogens with zero attached hydrogens (tertiary/aromatic N) is 1. The van der Waals surface area contributed by atoms with Gasteiger partial charge in [-0.2, -0.15) is 4.72 Å². The van der Waals surface area contributed by atoms with E-state index in [9.17, 15) is 17.6 Å². The predicted molar refractivity (Wildman–Crippen MR) is 74.9 cm³/mol. The van der Waals surface area contributed by atoms with Crippen LogP contribution >= 0.6 is 15.9 Å². The molecule has 1 atom stereocenters. The van der Waals surface area contributed by atoms with Gasteiger partial charge in [-0.1, -0.05) is 0 Å². The summed E-state index contributed by atoms with van der Waals surface area (Å²) >= 11 is 2.90. The molecular formula is C11H13BrFN3O3S. The summed E-state index contributed by atoms with van der Waals surface area (Å²) in [6, 6.07) is 1.42. The summed E-state index contributed by atoms with van der Waals surface area (Å²) in [7, 11) is -2.58. The van der Waals surface area contributed by atoms with Gasteiger partial charge in [-0.25, -0.2) is 12.8 Å². The number of likely N-dealkylation sites (N-methyl/N-ethyl adjacent to an activating group) is 1. The van der Waals surface area contributed by atoms with Crippen molar-refractivity contribution in [3.05, 3.63) is 22.4 Å². The standard InChI is InChI=1S/C11H13BrFN3O3S/c1-16-3-2-8(11(16)17)15-20(18,19)9-5-6(14)4-7(12)10(9)13/h4-5,8,15H,2-3,14H2,1H3. The molecule has 0 bridgehead atoms. The largest absolute Gasteiger partial charge is 0.399 e. The number of hydrogen-bond acceptors (Lipinski definition) is 4. The van der Waals surface area contributed by atoms with E-state index in [1.54, 1.807) is 7.05 Å². The Morgan fingerprint density at radius 1 is 1.50 bits per heavy atom. The van der Waals surface area contributed by atoms with Crippen LogP contribution in [0, 0.1) is 5.82 Å². The van der Waals surface area contributed by atoms with Crippen molar-refractivity contribution in [3.63, 3.8) is 0 Å². The van der Waals surface area contributed by atoms with Gasteiger partial charge in [-0.15, -0.1) is 0 Å². The van der Waals surface area contributed by atoms with Gasteiger partial charge in [0.1, 0.15) is 10.9 Å². The molecule has 1 amide bonds. The zero-order chi connectivity index (χ0) is 15.1. The van der Waals surface area contributed by atoms with E-state index in [0.717, 1.165) is 6.07 Å². The average Bonchev–Trinajstić information content (AvgIpc) is 2.65. The molecular weight excluding hydrogens is 353 g/mol. The number of sulfonamides is 1. The van der Waals surface area contributed by atoms with Crippen molar-refractivity contribution in [1.82, 2.24) is 9.62 Å². The molecule has 1 unspecified atom stereocenters. The van der Waals surface area contributed by atoms with Crippen molar-refractivity contribution in [1.29, 1.82) is 0 Å². The van der Waals surface area contributed by atoms with E-state index < -0.39 is 26.8 Å². The summed E-state index contributed by atoms with van der Waals surface area (Å²) in [6.07, 6.45) is 0.347. The van der Waals surface area contributed by atoms with Crippen molar-refractivity contribution in [2.75, 3.05) is 19.3 Å². The molecule has 0 aliphatic carbocycles. The Balaban J connectivity index is 2.34. The van der Waals surface area contributed by atoms with Crippen molar-refractivity contribution < 1.29 is 17.6 Å². The molecule has 1 aromatic rings. The Morgan fingerprint density at radius 3 is 2.70 bits per heavy atom. The number of halogens is 2. The second kappa shape index (κ2) is 5.30. The fraction of sp³-hybridized carbons (Fsp3) is 0.364. The zero-order valence-corrected chi connectivity index (χ0v) is 13.0. The number of nitrogens with two attached hydrogens (primary N) is 1. The first kappa shape index (κ1) is 15.2. The zero-order valence-electron chi connectivity index (χ0n) is 10.6. The van der Waals surface area contributed by atoms with Gasteiger partial charge < -0.3 is 10.6 Å². The van der Waals surface area contributed by atoms with Crippen LogP contribution in [0.3, 0.4) is 0 Å². The smallest absolute Gasteiger partial charge is 0.244 e. The molecule has 2 rings (SSSR count). The molecule has 1 aliphatic heterocycles. The van der Waals surface area contributed by atoms with Gasteiger partial charge in [0.05, 0.1) is 4.47 Å². The molecule has 1 saturated heterocycles. The lowest BCUT2D eigenvalue weighted by Crippen LogP contribution is -2.40. The maximum Gasteiger partial charge on any atom is 0.244 e. The van der Waals surface area contributed by atoms with Crippen LogP contribution in [0.5, 0.6) is 0 Å². The van der Waals surface area contributed by atoms with Gasteiger partial charge in [-0.3, -0.25) is 4.79 Å². The second-order valence-electron chi connectivity index (χ2n) is 4.54. The van der Waals surface area contributed by atoms with Crippen LogP contribution in [0.15, 0.2) is 21.5 Å². The highest BCUT2D eigenvalue weighted by Gasteiger charge is 2.34. The van der Waals surface area contributed by atoms with Gasteiger partial charge in [0, 0.05) is 19.3 Å². The van der Waals surface area contributed by atoms with Gasteiger partial charge in [0.15, 0.2) is 5.82 Å². The van der Waals surface area contributed by atoms with E-state index in [1.165, 1.54) is 11.0 Å². The molecule has 6 nitrogen and oxygen atoms in total. The van der Waals surface area contributed by atoms with Crippen LogP contribution in [-0.4, -0.2) is 38.9 Å². The number of nitrogens with one attached hydrogen (secondary N) is 1. The Bertz CT molecular complexity index is 665. The number of amides is 1. The molecule has 0 aromatic heterocycles. The minimum Gasteiger partial charge on any atom is -0.399 e. The van der Waals surface area contributed by atoms with Crippen molar-refractivity contribution in [2.45, 2.75) is 17.4 Å². The summed E-state index contributed by atoms with van der Waals surface area (Å²) in [6.45, 7) is 0.453. The van der Waals surface area contributed by atoms with Crippen molar-refractivity contribution in [3.8, 4) is 0 Å². The molecule has 1 fully saturated rings. The highest BCUT2D eigenvalue weighted by molar-refractivity contribution is 9.10. The molecule has 1 aliphatic rings. The lowest BCUT2D eigenvalue weighted by Gasteiger charge is -2.14. The minimum atomic E-state index is -4.16. The normalized spacial score (nSPS) is 19.6. The third-order valence-corrected chi connectivity index (χ3v) is 5.08. The quantitative estimate of drug-likeness (QED) is 0.770. The SMILES string of the molecule is CN1CCC(NS(=O)(=O)c2cc(N)cc(Br)c2F)C1=O. The maximum absolute atomic E-state index is 13.9. The number of benzene rings is 1. The molecule has 0 radical (unpaired) electrons. The minimum absolute atomic E-state index is 0.0484. The molecule has 1 aromatic carbocycles. The van der Waals surface area contributed by atoms with E-state index in [-0.39, 0.29) is 16.1 Å². The van der Waals surface area contributed by atoms with E-state index >= 15 is 0 Å². The number of rotatable bonds is 3. The Hall–Kier alpha value is -1.19. The summed E-state index contributed by atoms with van der Waals surface area (Å²) in [5.74, 6) is -1.28. The lowest BCUT2D eigenvalue weighted by atomic mass is 10.3. The number of hydrogen-bond donors (Lipinski definition) is 2. The topological polar surface area (TPSA) is 92.5 Å². The fourth-order valence-corrected chi connectivity index (χ4v) is 3.93. The first-order valence-corrected chi connectivity index (χ1v) is 8.02. The van der Waals surface area contributed by atoms with Crippen LogP contribution < -0.4 is 10.5 Å². The molecule has 0 saturated carbocycles. The molecule has 9 heteroatoms. The van der Waals surface area contributed by atoms with Crippen LogP contribution in [-0.2, 0) is 14.8 Å². The highest BCUT2D eigenvalue weighted by Crippen LogP contribution is 2.26. The third-order valence-electron chi connectivity index (χ3n) is 3.03. The molecule has 0 spiro atoms. The second-order valence-corrected chi connectivity index (χ2v) is 7.07. The first-order valence-electron chi connectivity index (χ1n) is 5.74. The fourth-order valence-electron chi connectivity index (χ4n) is 1.96. The number of likely N-dealkylation sites (tertiary alicyclic amines) is 1. The van der Waals surface area contributed by atoms with E-state index in [0.29, 0.717) is 13.0 Å². The predicted octanol–water partition coefficient (Wildman–Crippen LogP) is 0.679. The number of carbonyl (C=O) groups excluding carboxylic acids is 1.